The van der Waals surface area contributed by atoms with Crippen molar-refractivity contribution < 1.29 is 14.4 Å². The first-order valence-electron chi connectivity index (χ1n) is 12.1. The van der Waals surface area contributed by atoms with Crippen molar-refractivity contribution in [2.24, 2.45) is 5.92 Å². The fourth-order valence-corrected chi connectivity index (χ4v) is 5.36. The first-order valence-corrected chi connectivity index (χ1v) is 12.1. The van der Waals surface area contributed by atoms with Gasteiger partial charge in [0.1, 0.15) is 17.9 Å². The smallest absolute Gasteiger partial charge is 0.325 e. The quantitative estimate of drug-likeness (QED) is 0.680. The number of urea groups is 1. The minimum atomic E-state index is -0.825. The van der Waals surface area contributed by atoms with E-state index in [0.717, 1.165) is 54.2 Å². The molecule has 1 saturated carbocycles. The highest BCUT2D eigenvalue weighted by Crippen LogP contribution is 2.37. The number of aryl methyl sites for hydroxylation is 2. The summed E-state index contributed by atoms with van der Waals surface area (Å²) in [6.07, 6.45) is 9.70. The van der Waals surface area contributed by atoms with Crippen LogP contribution in [0.25, 0.3) is 11.3 Å². The largest absolute Gasteiger partial charge is 0.334 e. The molecule has 3 heterocycles. The summed E-state index contributed by atoms with van der Waals surface area (Å²) in [5.41, 5.74) is 1.73. The molecule has 5 rings (SSSR count). The molecular weight excluding hydrogens is 418 g/mol. The number of benzene rings is 1. The van der Waals surface area contributed by atoms with Crippen LogP contribution in [0.4, 0.5) is 10.5 Å². The topological polar surface area (TPSA) is 96.3 Å². The van der Waals surface area contributed by atoms with Crippen LogP contribution in [0.15, 0.2) is 30.5 Å². The summed E-state index contributed by atoms with van der Waals surface area (Å²) in [6.45, 7) is 2.89. The van der Waals surface area contributed by atoms with E-state index in [-0.39, 0.29) is 18.4 Å². The molecular formula is C25H31N5O3. The van der Waals surface area contributed by atoms with Crippen LogP contribution < -0.4 is 10.6 Å². The van der Waals surface area contributed by atoms with Crippen LogP contribution in [0.2, 0.25) is 0 Å². The number of imide groups is 1. The van der Waals surface area contributed by atoms with Gasteiger partial charge in [-0.15, -0.1) is 0 Å². The van der Waals surface area contributed by atoms with Gasteiger partial charge in [-0.3, -0.25) is 14.5 Å². The van der Waals surface area contributed by atoms with Crippen LogP contribution in [0.3, 0.4) is 0 Å². The molecule has 1 saturated heterocycles. The lowest BCUT2D eigenvalue weighted by Gasteiger charge is -2.34. The molecule has 1 aromatic carbocycles. The summed E-state index contributed by atoms with van der Waals surface area (Å²) in [6, 6.07) is 7.04. The van der Waals surface area contributed by atoms with E-state index in [1.54, 1.807) is 0 Å². The second-order valence-corrected chi connectivity index (χ2v) is 9.57. The van der Waals surface area contributed by atoms with Gasteiger partial charge in [0.2, 0.25) is 5.91 Å². The molecule has 0 atom stereocenters. The Labute approximate surface area is 193 Å². The summed E-state index contributed by atoms with van der Waals surface area (Å²) in [4.78, 5) is 43.9. The molecule has 0 radical (unpaired) electrons. The molecule has 0 unspecified atom stereocenters. The maximum absolute atomic E-state index is 13.0. The second-order valence-electron chi connectivity index (χ2n) is 9.57. The molecule has 174 valence electrons. The van der Waals surface area contributed by atoms with Crippen molar-refractivity contribution in [2.45, 2.75) is 70.4 Å². The molecule has 33 heavy (non-hydrogen) atoms. The number of fused-ring (bicyclic) bond motifs is 1. The lowest BCUT2D eigenvalue weighted by molar-refractivity contribution is -0.135. The Morgan fingerprint density at radius 1 is 1.18 bits per heavy atom. The van der Waals surface area contributed by atoms with Crippen molar-refractivity contribution in [3.05, 3.63) is 36.3 Å². The minimum absolute atomic E-state index is 0.267. The van der Waals surface area contributed by atoms with E-state index in [1.807, 2.05) is 24.3 Å². The highest BCUT2D eigenvalue weighted by molar-refractivity contribution is 6.10. The number of aromatic nitrogens is 2. The fourth-order valence-electron chi connectivity index (χ4n) is 5.36. The molecule has 2 fully saturated rings. The average molecular weight is 450 g/mol. The number of rotatable bonds is 5. The summed E-state index contributed by atoms with van der Waals surface area (Å²) in [5.74, 6) is 1.08. The highest BCUT2D eigenvalue weighted by Gasteiger charge is 2.52. The van der Waals surface area contributed by atoms with Crippen LogP contribution in [-0.2, 0) is 22.6 Å². The zero-order valence-corrected chi connectivity index (χ0v) is 19.1. The van der Waals surface area contributed by atoms with Gasteiger partial charge in [0.05, 0.1) is 5.69 Å². The van der Waals surface area contributed by atoms with Gasteiger partial charge in [-0.05, 0) is 56.6 Å². The second kappa shape index (κ2) is 8.65. The number of carbonyl (C=O) groups excluding carboxylic acids is 3. The number of amides is 4. The lowest BCUT2D eigenvalue weighted by Crippen LogP contribution is -2.49. The van der Waals surface area contributed by atoms with Crippen LogP contribution in [0.5, 0.6) is 0 Å². The molecule has 3 aliphatic rings. The molecule has 1 spiro atoms. The first kappa shape index (κ1) is 21.7. The van der Waals surface area contributed by atoms with Gasteiger partial charge in [-0.25, -0.2) is 9.78 Å². The number of hydrogen-bond donors (Lipinski definition) is 2. The van der Waals surface area contributed by atoms with Crippen molar-refractivity contribution in [2.75, 3.05) is 11.9 Å². The number of anilines is 1. The third-order valence-electron chi connectivity index (χ3n) is 7.46. The van der Waals surface area contributed by atoms with E-state index < -0.39 is 11.6 Å². The van der Waals surface area contributed by atoms with E-state index >= 15 is 0 Å². The predicted octanol–water partition coefficient (Wildman–Crippen LogP) is 3.72. The van der Waals surface area contributed by atoms with Gasteiger partial charge in [0, 0.05) is 30.4 Å². The van der Waals surface area contributed by atoms with E-state index in [2.05, 4.69) is 28.3 Å². The Morgan fingerprint density at radius 3 is 2.64 bits per heavy atom. The van der Waals surface area contributed by atoms with E-state index in [4.69, 9.17) is 4.98 Å². The van der Waals surface area contributed by atoms with Gasteiger partial charge < -0.3 is 15.2 Å². The predicted molar refractivity (Wildman–Crippen MR) is 124 cm³/mol. The standard InChI is InChI=1S/C25H31N5O3/c1-2-17-10-12-25(13-11-17)23(32)30(24(33)28-25)16-22(31)26-19-8-6-18(7-9-19)20-15-29-14-4-3-5-21(29)27-20/h6-9,15,17H,2-5,10-14,16H2,1H3,(H,26,31)(H,28,33). The first-order chi connectivity index (χ1) is 16.0. The van der Waals surface area contributed by atoms with Gasteiger partial charge in [0.25, 0.3) is 5.91 Å². The Morgan fingerprint density at radius 2 is 1.94 bits per heavy atom. The number of nitrogens with zero attached hydrogens (tertiary/aromatic N) is 3. The van der Waals surface area contributed by atoms with Gasteiger partial charge in [-0.2, -0.15) is 0 Å². The van der Waals surface area contributed by atoms with Crippen LogP contribution in [0, 0.1) is 5.92 Å². The summed E-state index contributed by atoms with van der Waals surface area (Å²) >= 11 is 0. The molecule has 4 amide bonds. The molecule has 8 heteroatoms. The van der Waals surface area contributed by atoms with Crippen LogP contribution in [-0.4, -0.2) is 44.4 Å². The zero-order valence-electron chi connectivity index (χ0n) is 19.1. The SMILES string of the molecule is CCC1CCC2(CC1)NC(=O)N(CC(=O)Nc1ccc(-c3cn4c(n3)CCCC4)cc1)C2=O. The molecule has 1 aliphatic carbocycles. The molecule has 1 aromatic heterocycles. The molecule has 2 N–H and O–H groups in total. The van der Waals surface area contributed by atoms with Crippen molar-refractivity contribution >= 4 is 23.5 Å². The normalized spacial score (nSPS) is 24.6. The van der Waals surface area contributed by atoms with Crippen molar-refractivity contribution in [3.63, 3.8) is 0 Å². The lowest BCUT2D eigenvalue weighted by atomic mass is 9.75. The Kier molecular flexibility index (Phi) is 5.68. The van der Waals surface area contributed by atoms with E-state index in [0.29, 0.717) is 24.4 Å². The minimum Gasteiger partial charge on any atom is -0.334 e. The van der Waals surface area contributed by atoms with Crippen LogP contribution in [0.1, 0.15) is 57.7 Å². The molecule has 2 aliphatic heterocycles. The molecule has 2 aromatic rings. The van der Waals surface area contributed by atoms with Gasteiger partial charge in [0.15, 0.2) is 0 Å². The molecule has 8 nitrogen and oxygen atoms in total. The van der Waals surface area contributed by atoms with Crippen molar-refractivity contribution in [1.82, 2.24) is 19.8 Å². The van der Waals surface area contributed by atoms with E-state index in [9.17, 15) is 14.4 Å². The number of imidazole rings is 1. The van der Waals surface area contributed by atoms with Crippen molar-refractivity contribution in [3.8, 4) is 11.3 Å². The number of nitrogens with one attached hydrogen (secondary N) is 2. The maximum atomic E-state index is 13.0. The highest BCUT2D eigenvalue weighted by atomic mass is 16.2. The summed E-state index contributed by atoms with van der Waals surface area (Å²) < 4.78 is 2.22. The fraction of sp³-hybridized carbons (Fsp3) is 0.520. The Balaban J connectivity index is 1.20. The molecule has 0 bridgehead atoms. The zero-order chi connectivity index (χ0) is 23.0. The Hall–Kier alpha value is -3.16. The maximum Gasteiger partial charge on any atom is 0.325 e. The monoisotopic (exact) mass is 449 g/mol. The summed E-state index contributed by atoms with van der Waals surface area (Å²) in [5, 5.41) is 5.68. The van der Waals surface area contributed by atoms with Crippen LogP contribution >= 0.6 is 0 Å². The third-order valence-corrected chi connectivity index (χ3v) is 7.46. The van der Waals surface area contributed by atoms with E-state index in [1.165, 1.54) is 12.8 Å². The summed E-state index contributed by atoms with van der Waals surface area (Å²) in [7, 11) is 0. The number of carbonyl (C=O) groups is 3. The van der Waals surface area contributed by atoms with Gasteiger partial charge >= 0.3 is 6.03 Å². The average Bonchev–Trinajstić information content (AvgIpc) is 3.35. The van der Waals surface area contributed by atoms with Crippen molar-refractivity contribution in [1.29, 1.82) is 0 Å². The third kappa shape index (κ3) is 4.14. The Bertz CT molecular complexity index is 1040. The van der Waals surface area contributed by atoms with Gasteiger partial charge in [-0.1, -0.05) is 25.5 Å². The number of hydrogen-bond acceptors (Lipinski definition) is 4.